The van der Waals surface area contributed by atoms with Crippen LogP contribution in [-0.4, -0.2) is 17.0 Å². The van der Waals surface area contributed by atoms with E-state index in [0.29, 0.717) is 0 Å². The van der Waals surface area contributed by atoms with E-state index in [0.717, 1.165) is 12.1 Å². The van der Waals surface area contributed by atoms with Gasteiger partial charge in [-0.3, -0.25) is 4.79 Å². The number of hydrogen-bond acceptors (Lipinski definition) is 3. The Morgan fingerprint density at radius 3 is 2.47 bits per heavy atom. The second-order valence-corrected chi connectivity index (χ2v) is 5.06. The molecule has 0 aliphatic rings. The second kappa shape index (κ2) is 5.30. The van der Waals surface area contributed by atoms with Gasteiger partial charge in [0.15, 0.2) is 5.78 Å². The third-order valence-electron chi connectivity index (χ3n) is 1.83. The lowest BCUT2D eigenvalue weighted by atomic mass is 10.1. The highest BCUT2D eigenvalue weighted by molar-refractivity contribution is 9.10. The zero-order valence-electron chi connectivity index (χ0n) is 8.58. The Bertz CT molecular complexity index is 432. The van der Waals surface area contributed by atoms with Gasteiger partial charge in [0.1, 0.15) is 5.75 Å². The van der Waals surface area contributed by atoms with Crippen molar-refractivity contribution in [3.63, 3.8) is 0 Å². The molecule has 1 rings (SSSR count). The molecule has 0 aliphatic carbocycles. The third-order valence-corrected chi connectivity index (χ3v) is 2.62. The molecule has 0 aliphatic heterocycles. The molecule has 0 fully saturated rings. The summed E-state index contributed by atoms with van der Waals surface area (Å²) in [6, 6.07) is 3.39. The van der Waals surface area contributed by atoms with Crippen LogP contribution in [0.15, 0.2) is 23.1 Å². The molecule has 1 atom stereocenters. The standard InChI is InChI=1S/C10H8BrF3O2S/c1-5(11)9(15)7-3-2-6(4-8(7)17)16-10(12,13)14/h2-5,17H,1H3. The number of alkyl halides is 4. The average Bonchev–Trinajstić information content (AvgIpc) is 2.14. The van der Waals surface area contributed by atoms with Crippen LogP contribution in [-0.2, 0) is 0 Å². The van der Waals surface area contributed by atoms with Crippen molar-refractivity contribution in [3.8, 4) is 5.75 Å². The van der Waals surface area contributed by atoms with E-state index in [1.165, 1.54) is 6.07 Å². The van der Waals surface area contributed by atoms with E-state index >= 15 is 0 Å². The second-order valence-electron chi connectivity index (χ2n) is 3.21. The smallest absolute Gasteiger partial charge is 0.406 e. The molecule has 2 nitrogen and oxygen atoms in total. The Balaban J connectivity index is 2.98. The molecule has 0 aromatic heterocycles. The number of benzene rings is 1. The largest absolute Gasteiger partial charge is 0.573 e. The van der Waals surface area contributed by atoms with Gasteiger partial charge in [-0.25, -0.2) is 0 Å². The van der Waals surface area contributed by atoms with Gasteiger partial charge in [-0.05, 0) is 25.1 Å². The molecule has 1 aromatic carbocycles. The van der Waals surface area contributed by atoms with E-state index in [-0.39, 0.29) is 16.2 Å². The van der Waals surface area contributed by atoms with Crippen LogP contribution < -0.4 is 4.74 Å². The van der Waals surface area contributed by atoms with E-state index in [1.54, 1.807) is 6.92 Å². The fourth-order valence-corrected chi connectivity index (χ4v) is 1.69. The summed E-state index contributed by atoms with van der Waals surface area (Å²) in [5.74, 6) is -0.658. The number of hydrogen-bond donors (Lipinski definition) is 1. The number of rotatable bonds is 3. The molecule has 0 bridgehead atoms. The van der Waals surface area contributed by atoms with Crippen LogP contribution in [0.2, 0.25) is 0 Å². The SMILES string of the molecule is CC(Br)C(=O)c1ccc(OC(F)(F)F)cc1S. The van der Waals surface area contributed by atoms with Gasteiger partial charge in [-0.15, -0.1) is 25.8 Å². The van der Waals surface area contributed by atoms with E-state index < -0.39 is 16.9 Å². The lowest BCUT2D eigenvalue weighted by Crippen LogP contribution is -2.17. The lowest BCUT2D eigenvalue weighted by Gasteiger charge is -2.11. The normalized spacial score (nSPS) is 13.3. The van der Waals surface area contributed by atoms with Crippen molar-refractivity contribution in [1.82, 2.24) is 0 Å². The highest BCUT2D eigenvalue weighted by Gasteiger charge is 2.31. The Hall–Kier alpha value is -0.690. The van der Waals surface area contributed by atoms with Gasteiger partial charge in [0.2, 0.25) is 0 Å². The predicted octanol–water partition coefficient (Wildman–Crippen LogP) is 3.84. The van der Waals surface area contributed by atoms with Crippen LogP contribution in [0.1, 0.15) is 17.3 Å². The minimum Gasteiger partial charge on any atom is -0.406 e. The van der Waals surface area contributed by atoms with Crippen LogP contribution in [0.4, 0.5) is 13.2 Å². The van der Waals surface area contributed by atoms with Crippen molar-refractivity contribution in [1.29, 1.82) is 0 Å². The first-order valence-corrected chi connectivity index (χ1v) is 5.84. The van der Waals surface area contributed by atoms with E-state index in [2.05, 4.69) is 33.3 Å². The molecule has 1 unspecified atom stereocenters. The highest BCUT2D eigenvalue weighted by atomic mass is 79.9. The molecule has 0 saturated carbocycles. The summed E-state index contributed by atoms with van der Waals surface area (Å²) >= 11 is 7.05. The van der Waals surface area contributed by atoms with Crippen LogP contribution >= 0.6 is 28.6 Å². The summed E-state index contributed by atoms with van der Waals surface area (Å²) in [4.78, 5) is 11.3. The zero-order valence-corrected chi connectivity index (χ0v) is 11.1. The molecule has 0 heterocycles. The van der Waals surface area contributed by atoms with Crippen molar-refractivity contribution >= 4 is 34.3 Å². The fourth-order valence-electron chi connectivity index (χ4n) is 1.13. The molecular weight excluding hydrogens is 321 g/mol. The molecule has 0 saturated heterocycles. The molecule has 0 radical (unpaired) electrons. The number of carbonyl (C=O) groups is 1. The number of Topliss-reactive ketones (excluding diaryl/α,β-unsaturated/α-hetero) is 1. The van der Waals surface area contributed by atoms with Crippen molar-refractivity contribution in [3.05, 3.63) is 23.8 Å². The summed E-state index contributed by atoms with van der Waals surface area (Å²) in [5, 5.41) is 0. The van der Waals surface area contributed by atoms with Crippen molar-refractivity contribution in [2.24, 2.45) is 0 Å². The monoisotopic (exact) mass is 328 g/mol. The van der Waals surface area contributed by atoms with Gasteiger partial charge in [-0.1, -0.05) is 15.9 Å². The summed E-state index contributed by atoms with van der Waals surface area (Å²) in [6.45, 7) is 1.62. The average molecular weight is 329 g/mol. The molecule has 0 spiro atoms. The number of halogens is 4. The first kappa shape index (κ1) is 14.4. The van der Waals surface area contributed by atoms with Crippen molar-refractivity contribution in [2.45, 2.75) is 23.0 Å². The predicted molar refractivity (Wildman–Crippen MR) is 63.1 cm³/mol. The van der Waals surface area contributed by atoms with Crippen LogP contribution in [0, 0.1) is 0 Å². The van der Waals surface area contributed by atoms with E-state index in [1.807, 2.05) is 0 Å². The van der Waals surface area contributed by atoms with Gasteiger partial charge in [0.25, 0.3) is 0 Å². The van der Waals surface area contributed by atoms with Crippen LogP contribution in [0.3, 0.4) is 0 Å². The van der Waals surface area contributed by atoms with E-state index in [9.17, 15) is 18.0 Å². The minimum absolute atomic E-state index is 0.142. The Kier molecular flexibility index (Phi) is 4.48. The summed E-state index contributed by atoms with van der Waals surface area (Å²) < 4.78 is 39.5. The fraction of sp³-hybridized carbons (Fsp3) is 0.300. The minimum atomic E-state index is -4.76. The summed E-state index contributed by atoms with van der Waals surface area (Å²) in [7, 11) is 0. The number of carbonyl (C=O) groups excluding carboxylic acids is 1. The van der Waals surface area contributed by atoms with Crippen molar-refractivity contribution in [2.75, 3.05) is 0 Å². The number of ether oxygens (including phenoxy) is 1. The first-order valence-electron chi connectivity index (χ1n) is 4.48. The maximum absolute atomic E-state index is 11.9. The van der Waals surface area contributed by atoms with Gasteiger partial charge in [0.05, 0.1) is 4.83 Å². The van der Waals surface area contributed by atoms with E-state index in [4.69, 9.17) is 0 Å². The highest BCUT2D eigenvalue weighted by Crippen LogP contribution is 2.27. The maximum Gasteiger partial charge on any atom is 0.573 e. The lowest BCUT2D eigenvalue weighted by molar-refractivity contribution is -0.274. The summed E-state index contributed by atoms with van der Waals surface area (Å²) in [6.07, 6.45) is -4.76. The molecule has 1 aromatic rings. The quantitative estimate of drug-likeness (QED) is 0.518. The third kappa shape index (κ3) is 4.23. The Morgan fingerprint density at radius 1 is 1.47 bits per heavy atom. The Morgan fingerprint density at radius 2 is 2.06 bits per heavy atom. The topological polar surface area (TPSA) is 26.3 Å². The van der Waals surface area contributed by atoms with Crippen LogP contribution in [0.5, 0.6) is 5.75 Å². The molecular formula is C10H8BrF3O2S. The number of thiol groups is 1. The molecule has 7 heteroatoms. The van der Waals surface area contributed by atoms with Gasteiger partial charge in [0, 0.05) is 10.5 Å². The Labute approximate surface area is 110 Å². The molecule has 0 N–H and O–H groups in total. The van der Waals surface area contributed by atoms with Crippen molar-refractivity contribution < 1.29 is 22.7 Å². The van der Waals surface area contributed by atoms with Crippen LogP contribution in [0.25, 0.3) is 0 Å². The van der Waals surface area contributed by atoms with Gasteiger partial charge < -0.3 is 4.74 Å². The van der Waals surface area contributed by atoms with Gasteiger partial charge in [-0.2, -0.15) is 0 Å². The zero-order chi connectivity index (χ0) is 13.2. The van der Waals surface area contributed by atoms with Gasteiger partial charge >= 0.3 is 6.36 Å². The molecule has 17 heavy (non-hydrogen) atoms. The summed E-state index contributed by atoms with van der Waals surface area (Å²) in [5.41, 5.74) is 0.243. The maximum atomic E-state index is 11.9. The number of ketones is 1. The molecule has 94 valence electrons. The molecule has 0 amide bonds. The first-order chi connectivity index (χ1) is 7.70.